The topological polar surface area (TPSA) is 66.4 Å². The quantitative estimate of drug-likeness (QED) is 0.0724. The van der Waals surface area contributed by atoms with Crippen molar-refractivity contribution in [1.82, 2.24) is 0 Å². The normalized spacial score (nSPS) is 12.9. The van der Waals surface area contributed by atoms with E-state index in [-0.39, 0.29) is 91.5 Å². The first kappa shape index (κ1) is 95.4. The molecule has 0 spiro atoms. The first-order valence-electron chi connectivity index (χ1n) is 40.3. The molecule has 648 valence electrons. The minimum Gasteiger partial charge on any atom is -0.508 e. The molecule has 12 aromatic rings. The molecule has 0 saturated heterocycles. The van der Waals surface area contributed by atoms with Crippen LogP contribution in [0.1, 0.15) is 172 Å². The number of alkyl halides is 6. The van der Waals surface area contributed by atoms with Gasteiger partial charge in [0.15, 0.2) is 0 Å². The van der Waals surface area contributed by atoms with Gasteiger partial charge in [-0.25, -0.2) is 26.3 Å². The maximum Gasteiger partial charge on any atom is 0.417 e. The Morgan fingerprint density at radius 1 is 0.331 bits per heavy atom. The molecular formula is C106H100F12O6-4. The van der Waals surface area contributed by atoms with Gasteiger partial charge in [0, 0.05) is 81.1 Å². The molecule has 18 heteroatoms. The number of hydrogen-bond acceptors (Lipinski definition) is 6. The molecule has 0 bridgehead atoms. The number of methoxy groups -OCH3 is 1. The summed E-state index contributed by atoms with van der Waals surface area (Å²) in [4.78, 5) is 0. The summed E-state index contributed by atoms with van der Waals surface area (Å²) in [5, 5.41) is 13.7. The molecule has 0 fully saturated rings. The minimum atomic E-state index is -4.64. The Hall–Kier alpha value is -12.4. The predicted molar refractivity (Wildman–Crippen MR) is 475 cm³/mol. The van der Waals surface area contributed by atoms with Gasteiger partial charge >= 0.3 is 12.4 Å². The van der Waals surface area contributed by atoms with Crippen molar-refractivity contribution < 1.29 is 81.5 Å². The van der Waals surface area contributed by atoms with Crippen LogP contribution in [0.4, 0.5) is 52.7 Å². The average Bonchev–Trinajstić information content (AvgIpc) is 0.748. The first-order chi connectivity index (χ1) is 57.7. The third-order valence-electron chi connectivity index (χ3n) is 20.9. The highest BCUT2D eigenvalue weighted by Crippen LogP contribution is 2.45. The van der Waals surface area contributed by atoms with Crippen molar-refractivity contribution in [1.29, 1.82) is 0 Å². The lowest BCUT2D eigenvalue weighted by Crippen LogP contribution is -2.24. The molecule has 1 N–H and O–H groups in total. The predicted octanol–water partition coefficient (Wildman–Crippen LogP) is 24.6. The van der Waals surface area contributed by atoms with Crippen molar-refractivity contribution in [2.45, 2.75) is 138 Å². The molecular weight excluding hydrogens is 1600 g/mol. The molecule has 16 rings (SSSR count). The van der Waals surface area contributed by atoms with Gasteiger partial charge in [0.05, 0.1) is 19.1 Å². The zero-order chi connectivity index (χ0) is 85.3. The Balaban J connectivity index is 0.000000186. The fourth-order valence-electron chi connectivity index (χ4n) is 15.4. The van der Waals surface area contributed by atoms with Crippen molar-refractivity contribution >= 4 is 46.6 Å². The highest BCUT2D eigenvalue weighted by atomic mass is 19.4. The summed E-state index contributed by atoms with van der Waals surface area (Å²) >= 11 is 0. The number of fused-ring (bicyclic) bond motifs is 8. The van der Waals surface area contributed by atoms with Crippen molar-refractivity contribution in [2.24, 2.45) is 0 Å². The second-order valence-corrected chi connectivity index (χ2v) is 29.5. The number of aromatic hydroxyl groups is 1. The molecule has 0 atom stereocenters. The van der Waals surface area contributed by atoms with Crippen molar-refractivity contribution in [3.63, 3.8) is 0 Å². The highest BCUT2D eigenvalue weighted by molar-refractivity contribution is 5.89. The minimum absolute atomic E-state index is 0. The Bertz CT molecular complexity index is 6410. The van der Waals surface area contributed by atoms with Crippen molar-refractivity contribution in [2.75, 3.05) is 7.11 Å². The van der Waals surface area contributed by atoms with Crippen molar-refractivity contribution in [3.8, 4) is 57.5 Å². The van der Waals surface area contributed by atoms with Crippen LogP contribution in [0.3, 0.4) is 0 Å². The van der Waals surface area contributed by atoms with Crippen LogP contribution in [0.2, 0.25) is 0 Å². The lowest BCUT2D eigenvalue weighted by atomic mass is 9.88. The number of rotatable bonds is 17. The van der Waals surface area contributed by atoms with Crippen LogP contribution in [0.15, 0.2) is 212 Å². The van der Waals surface area contributed by atoms with Crippen LogP contribution in [0.25, 0.3) is 46.6 Å². The Morgan fingerprint density at radius 3 is 1.16 bits per heavy atom. The molecule has 4 aliphatic heterocycles. The Labute approximate surface area is 717 Å². The second kappa shape index (κ2) is 41.6. The van der Waals surface area contributed by atoms with Crippen LogP contribution in [0, 0.1) is 64.6 Å². The van der Waals surface area contributed by atoms with Crippen LogP contribution in [0.5, 0.6) is 57.5 Å². The number of hydrogen-bond donors (Lipinski definition) is 1. The van der Waals surface area contributed by atoms with E-state index in [4.69, 9.17) is 23.7 Å². The van der Waals surface area contributed by atoms with Crippen LogP contribution in [-0.2, 0) is 31.9 Å². The van der Waals surface area contributed by atoms with Gasteiger partial charge in [0.1, 0.15) is 92.4 Å². The third-order valence-corrected chi connectivity index (χ3v) is 20.9. The highest BCUT2D eigenvalue weighted by Gasteiger charge is 2.37. The number of aryl methyl sites for hydroxylation is 4. The monoisotopic (exact) mass is 1700 g/mol. The average molecular weight is 1700 g/mol. The molecule has 0 radical (unpaired) electrons. The van der Waals surface area contributed by atoms with E-state index in [1.54, 1.807) is 72.8 Å². The number of phenolic OH excluding ortho intramolecular Hbond substituents is 1. The SMILES string of the molecule is CC/C=c1/cc2c(cc1F)=C(c1ccc(O)cc1)c1cc(F)c(CCC)cc1O2.CC/C=c1/cc2c(cc1F)=C(c1ccccc1C(F)(F)F)c1cc(F)c(CCC)cc1O2.CC/C=c1\ccc2c(c1)Oc1cc(CCC)ccc1C=2c1ccccc1.CCCc1cc2c(cc1F)C(c1ccc(OC)cc1)=c1cc(F)/c(=C\CC(F)(F)F)cc1O2.[CH3-].[CH3-].[CH3-].[CH3-]. The van der Waals surface area contributed by atoms with Crippen LogP contribution >= 0.6 is 0 Å². The van der Waals surface area contributed by atoms with Gasteiger partial charge in [-0.15, -0.1) is 0 Å². The number of benzene rings is 12. The summed E-state index contributed by atoms with van der Waals surface area (Å²) < 4.78 is 198. The molecule has 124 heavy (non-hydrogen) atoms. The van der Waals surface area contributed by atoms with Gasteiger partial charge in [0.2, 0.25) is 0 Å². The molecule has 0 saturated carbocycles. The smallest absolute Gasteiger partial charge is 0.417 e. The number of phenols is 1. The summed E-state index contributed by atoms with van der Waals surface area (Å²) in [5.41, 5.74) is 9.36. The maximum atomic E-state index is 14.8. The third kappa shape index (κ3) is 21.1. The summed E-state index contributed by atoms with van der Waals surface area (Å²) in [6, 6.07) is 59.5. The molecule has 0 amide bonds. The number of ether oxygens (including phenoxy) is 5. The van der Waals surface area contributed by atoms with Crippen LogP contribution in [-0.4, -0.2) is 18.4 Å². The zero-order valence-corrected chi connectivity index (χ0v) is 71.5. The molecule has 12 aromatic carbocycles. The van der Waals surface area contributed by atoms with E-state index in [0.717, 1.165) is 67.4 Å². The fraction of sp³-hybridized carbons (Fsp3) is 0.208. The molecule has 6 nitrogen and oxygen atoms in total. The fourth-order valence-corrected chi connectivity index (χ4v) is 15.4. The largest absolute Gasteiger partial charge is 0.508 e. The van der Waals surface area contributed by atoms with Crippen molar-refractivity contribution in [3.05, 3.63) is 391 Å². The summed E-state index contributed by atoms with van der Waals surface area (Å²) in [7, 11) is 1.53. The Morgan fingerprint density at radius 2 is 0.726 bits per heavy atom. The molecule has 0 unspecified atom stereocenters. The van der Waals surface area contributed by atoms with E-state index in [1.165, 1.54) is 107 Å². The van der Waals surface area contributed by atoms with Crippen LogP contribution < -0.4 is 65.4 Å². The summed E-state index contributed by atoms with van der Waals surface area (Å²) in [5.74, 6) is 1.83. The van der Waals surface area contributed by atoms with E-state index in [1.807, 2.05) is 40.7 Å². The lowest BCUT2D eigenvalue weighted by molar-refractivity contribution is -0.137. The van der Waals surface area contributed by atoms with E-state index in [0.29, 0.717) is 127 Å². The molecule has 4 aliphatic rings. The zero-order valence-electron chi connectivity index (χ0n) is 71.5. The lowest BCUT2D eigenvalue weighted by Gasteiger charge is -2.24. The Kier molecular flexibility index (Phi) is 32.0. The van der Waals surface area contributed by atoms with E-state index in [9.17, 15) is 57.8 Å². The van der Waals surface area contributed by atoms with E-state index in [2.05, 4.69) is 86.7 Å². The van der Waals surface area contributed by atoms with E-state index >= 15 is 0 Å². The molecule has 0 aromatic heterocycles. The van der Waals surface area contributed by atoms with E-state index < -0.39 is 47.6 Å². The van der Waals surface area contributed by atoms with Gasteiger partial charge in [-0.05, 0) is 216 Å². The summed E-state index contributed by atoms with van der Waals surface area (Å²) in [6.45, 7) is 14.0. The number of halogens is 12. The standard InChI is InChI=1S/C26H21F5O2.C26H21F5O.C25H22F2O2.C25H24O.4CH3/c1-3-4-16-11-23-19(13-21(16)27)25(15-5-7-18(32-2)8-6-15)20-14-22(28)17(12-24(20)33-23)9-10-26(29,30)31;1-3-7-15-11-23-18(13-21(15)27)25(17-9-5-6-10-20(17)26(29,30)31)19-14-22(28)16(8-4-2)12-24(19)32-23;1-3-5-16-11-23-19(13-21(16)26)25(15-7-9-18(28)10-8-15)20-14-22(27)17(6-4-2)12-24(20)29-23;1-3-8-18-12-14-21-23(16-18)26-24-17-19(9-4-2)13-15-22(24)25(21)20-10-6-5-7-11-20;;;;/h5-9,11-14H,3-4,10H2,1-2H3;5-7,9-14H,3-4,8H2,1-2H3;5,7-14,28H,3-4,6H2,1-2H3;5-8,10-17H,3-4,9H2,1-2H3;4*1H3/q;;;;4*-1/b17-9-;15-7-;16-5-;18-8+;;;;. The molecule has 0 aliphatic carbocycles. The van der Waals surface area contributed by atoms with Gasteiger partial charge in [-0.1, -0.05) is 189 Å². The van der Waals surface area contributed by atoms with Gasteiger partial charge < -0.3 is 58.5 Å². The van der Waals surface area contributed by atoms with Gasteiger partial charge in [-0.2, -0.15) is 26.3 Å². The summed E-state index contributed by atoms with van der Waals surface area (Å²) in [6.07, 6.45) is 4.46. The van der Waals surface area contributed by atoms with Gasteiger partial charge in [-0.3, -0.25) is 0 Å². The maximum absolute atomic E-state index is 14.8. The second-order valence-electron chi connectivity index (χ2n) is 29.5. The molecule has 4 heterocycles. The first-order valence-corrected chi connectivity index (χ1v) is 40.3. The van der Waals surface area contributed by atoms with Gasteiger partial charge in [0.25, 0.3) is 0 Å².